The number of nitrogens with one attached hydrogen (secondary N) is 2. The molecule has 0 saturated heterocycles. The molecular formula is C24H29F2N3O4S. The largest absolute Gasteiger partial charge is 0.326 e. The summed E-state index contributed by atoms with van der Waals surface area (Å²) in [6.07, 6.45) is 4.92. The summed E-state index contributed by atoms with van der Waals surface area (Å²) >= 11 is 0. The number of nitrogens with zero attached hydrogens (tertiary/aromatic N) is 1. The fourth-order valence-corrected chi connectivity index (χ4v) is 5.10. The Labute approximate surface area is 198 Å². The van der Waals surface area contributed by atoms with Crippen LogP contribution in [0.1, 0.15) is 44.9 Å². The van der Waals surface area contributed by atoms with Gasteiger partial charge in [0.2, 0.25) is 21.8 Å². The van der Waals surface area contributed by atoms with Crippen molar-refractivity contribution in [3.8, 4) is 0 Å². The number of hydrogen-bond acceptors (Lipinski definition) is 4. The third-order valence-electron chi connectivity index (χ3n) is 5.88. The predicted molar refractivity (Wildman–Crippen MR) is 126 cm³/mol. The molecule has 3 rings (SSSR count). The van der Waals surface area contributed by atoms with E-state index in [0.29, 0.717) is 5.69 Å². The van der Waals surface area contributed by atoms with Crippen molar-refractivity contribution in [3.63, 3.8) is 0 Å². The standard InChI is InChI=1S/C24H29F2N3O4S/c1-29(34(32,33)20-12-9-18(25)10-13-20)15-5-8-23(30)27-19-11-14-21(26)22(16-19)28-24(31)17-6-3-2-4-7-17/h9-14,16-17H,2-8,15H2,1H3,(H,27,30)(H,28,31). The quantitative estimate of drug-likeness (QED) is 0.537. The molecule has 0 heterocycles. The second-order valence-electron chi connectivity index (χ2n) is 8.45. The lowest BCUT2D eigenvalue weighted by Crippen LogP contribution is -2.28. The van der Waals surface area contributed by atoms with Crippen LogP contribution in [0.15, 0.2) is 47.4 Å². The van der Waals surface area contributed by atoms with Gasteiger partial charge in [0, 0.05) is 31.6 Å². The highest BCUT2D eigenvalue weighted by Crippen LogP contribution is 2.26. The van der Waals surface area contributed by atoms with Crippen molar-refractivity contribution in [2.45, 2.75) is 49.8 Å². The van der Waals surface area contributed by atoms with Crippen molar-refractivity contribution in [2.24, 2.45) is 5.92 Å². The Morgan fingerprint density at radius 2 is 1.68 bits per heavy atom. The first-order valence-electron chi connectivity index (χ1n) is 11.3. The maximum atomic E-state index is 14.2. The van der Waals surface area contributed by atoms with Gasteiger partial charge in [-0.1, -0.05) is 19.3 Å². The van der Waals surface area contributed by atoms with Crippen LogP contribution in [0.25, 0.3) is 0 Å². The van der Waals surface area contributed by atoms with Crippen LogP contribution >= 0.6 is 0 Å². The van der Waals surface area contributed by atoms with Crippen molar-refractivity contribution in [3.05, 3.63) is 54.1 Å². The van der Waals surface area contributed by atoms with E-state index in [2.05, 4.69) is 10.6 Å². The molecule has 34 heavy (non-hydrogen) atoms. The van der Waals surface area contributed by atoms with Crippen molar-refractivity contribution < 1.29 is 26.8 Å². The summed E-state index contributed by atoms with van der Waals surface area (Å²) in [5.74, 6) is -1.84. The molecule has 7 nitrogen and oxygen atoms in total. The number of sulfonamides is 1. The van der Waals surface area contributed by atoms with Gasteiger partial charge < -0.3 is 10.6 Å². The summed E-state index contributed by atoms with van der Waals surface area (Å²) in [5.41, 5.74) is 0.344. The van der Waals surface area contributed by atoms with Crippen LogP contribution in [-0.4, -0.2) is 38.1 Å². The van der Waals surface area contributed by atoms with Crippen LogP contribution in [0, 0.1) is 17.6 Å². The summed E-state index contributed by atoms with van der Waals surface area (Å²) in [6.45, 7) is 0.0826. The lowest BCUT2D eigenvalue weighted by Gasteiger charge is -2.21. The Morgan fingerprint density at radius 1 is 1.00 bits per heavy atom. The molecule has 0 aromatic heterocycles. The molecule has 10 heteroatoms. The van der Waals surface area contributed by atoms with E-state index in [-0.39, 0.29) is 47.7 Å². The number of amides is 2. The van der Waals surface area contributed by atoms with Crippen molar-refractivity contribution in [1.29, 1.82) is 0 Å². The van der Waals surface area contributed by atoms with E-state index in [9.17, 15) is 26.8 Å². The average molecular weight is 494 g/mol. The van der Waals surface area contributed by atoms with Crippen LogP contribution in [0.3, 0.4) is 0 Å². The van der Waals surface area contributed by atoms with E-state index in [1.54, 1.807) is 0 Å². The van der Waals surface area contributed by atoms with E-state index in [0.717, 1.165) is 48.5 Å². The Morgan fingerprint density at radius 3 is 2.35 bits per heavy atom. The van der Waals surface area contributed by atoms with E-state index in [1.165, 1.54) is 37.4 Å². The molecule has 184 valence electrons. The van der Waals surface area contributed by atoms with Crippen molar-refractivity contribution in [1.82, 2.24) is 4.31 Å². The molecule has 0 bridgehead atoms. The molecule has 2 amide bonds. The zero-order chi connectivity index (χ0) is 24.7. The number of halogens is 2. The zero-order valence-corrected chi connectivity index (χ0v) is 19.8. The van der Waals surface area contributed by atoms with Crippen molar-refractivity contribution >= 4 is 33.2 Å². The smallest absolute Gasteiger partial charge is 0.242 e. The monoisotopic (exact) mass is 493 g/mol. The van der Waals surface area contributed by atoms with Crippen LogP contribution in [-0.2, 0) is 19.6 Å². The topological polar surface area (TPSA) is 95.6 Å². The molecule has 0 spiro atoms. The summed E-state index contributed by atoms with van der Waals surface area (Å²) in [6, 6.07) is 8.47. The SMILES string of the molecule is CN(CCCC(=O)Nc1ccc(F)c(NC(=O)C2CCCCC2)c1)S(=O)(=O)c1ccc(F)cc1. The molecule has 1 saturated carbocycles. The summed E-state index contributed by atoms with van der Waals surface area (Å²) in [4.78, 5) is 24.7. The van der Waals surface area contributed by atoms with Gasteiger partial charge in [0.15, 0.2) is 0 Å². The Bertz CT molecular complexity index is 1120. The van der Waals surface area contributed by atoms with Gasteiger partial charge in [-0.25, -0.2) is 21.5 Å². The van der Waals surface area contributed by atoms with E-state index >= 15 is 0 Å². The number of carbonyl (C=O) groups is 2. The van der Waals surface area contributed by atoms with Crippen LogP contribution in [0.2, 0.25) is 0 Å². The lowest BCUT2D eigenvalue weighted by molar-refractivity contribution is -0.120. The van der Waals surface area contributed by atoms with Gasteiger partial charge in [-0.05, 0) is 61.7 Å². The van der Waals surface area contributed by atoms with Crippen LogP contribution < -0.4 is 10.6 Å². The third-order valence-corrected chi connectivity index (χ3v) is 7.75. The summed E-state index contributed by atoms with van der Waals surface area (Å²) in [5, 5.41) is 5.27. The van der Waals surface area contributed by atoms with Gasteiger partial charge in [-0.15, -0.1) is 0 Å². The molecule has 1 aliphatic rings. The summed E-state index contributed by atoms with van der Waals surface area (Å²) in [7, 11) is -2.40. The number of rotatable bonds is 9. The predicted octanol–water partition coefficient (Wildman–Crippen LogP) is 4.52. The second kappa shape index (κ2) is 11.5. The van der Waals surface area contributed by atoms with Crippen molar-refractivity contribution in [2.75, 3.05) is 24.2 Å². The maximum Gasteiger partial charge on any atom is 0.242 e. The molecule has 2 aromatic rings. The maximum absolute atomic E-state index is 14.2. The zero-order valence-electron chi connectivity index (χ0n) is 19.0. The molecule has 0 radical (unpaired) electrons. The molecule has 0 atom stereocenters. The van der Waals surface area contributed by atoms with Gasteiger partial charge in [0.05, 0.1) is 10.6 Å². The van der Waals surface area contributed by atoms with E-state index in [1.807, 2.05) is 0 Å². The first-order chi connectivity index (χ1) is 16.2. The third kappa shape index (κ3) is 6.83. The van der Waals surface area contributed by atoms with E-state index in [4.69, 9.17) is 0 Å². The Hall–Kier alpha value is -2.85. The minimum absolute atomic E-state index is 0.0125. The summed E-state index contributed by atoms with van der Waals surface area (Å²) < 4.78 is 53.4. The molecule has 0 aliphatic heterocycles. The fourth-order valence-electron chi connectivity index (χ4n) is 3.89. The van der Waals surface area contributed by atoms with E-state index < -0.39 is 21.7 Å². The number of anilines is 2. The minimum Gasteiger partial charge on any atom is -0.326 e. The first kappa shape index (κ1) is 25.8. The van der Waals surface area contributed by atoms with Gasteiger partial charge in [0.25, 0.3) is 0 Å². The van der Waals surface area contributed by atoms with Gasteiger partial charge in [0.1, 0.15) is 11.6 Å². The van der Waals surface area contributed by atoms with Crippen LogP contribution in [0.4, 0.5) is 20.2 Å². The highest BCUT2D eigenvalue weighted by molar-refractivity contribution is 7.89. The molecule has 0 unspecified atom stereocenters. The molecule has 2 aromatic carbocycles. The Kier molecular flexibility index (Phi) is 8.73. The second-order valence-corrected chi connectivity index (χ2v) is 10.5. The minimum atomic E-state index is -3.79. The highest BCUT2D eigenvalue weighted by Gasteiger charge is 2.23. The molecular weight excluding hydrogens is 464 g/mol. The number of benzene rings is 2. The number of hydrogen-bond donors (Lipinski definition) is 2. The normalized spacial score (nSPS) is 14.7. The first-order valence-corrected chi connectivity index (χ1v) is 12.7. The van der Waals surface area contributed by atoms with Gasteiger partial charge in [-0.3, -0.25) is 9.59 Å². The average Bonchev–Trinajstić information content (AvgIpc) is 2.82. The Balaban J connectivity index is 1.51. The van der Waals surface area contributed by atoms with Gasteiger partial charge >= 0.3 is 0 Å². The molecule has 2 N–H and O–H groups in total. The number of carbonyl (C=O) groups excluding carboxylic acids is 2. The molecule has 1 fully saturated rings. The van der Waals surface area contributed by atoms with Gasteiger partial charge in [-0.2, -0.15) is 0 Å². The lowest BCUT2D eigenvalue weighted by atomic mass is 9.88. The van der Waals surface area contributed by atoms with Crippen LogP contribution in [0.5, 0.6) is 0 Å². The highest BCUT2D eigenvalue weighted by atomic mass is 32.2. The fraction of sp³-hybridized carbons (Fsp3) is 0.417. The molecule has 1 aliphatic carbocycles.